The summed E-state index contributed by atoms with van der Waals surface area (Å²) in [5.74, 6) is -0.415. The third-order valence-electron chi connectivity index (χ3n) is 4.91. The Morgan fingerprint density at radius 3 is 2.52 bits per heavy atom. The Morgan fingerprint density at radius 2 is 1.79 bits per heavy atom. The third-order valence-corrected chi connectivity index (χ3v) is 5.14. The normalized spacial score (nSPS) is 10.6. The van der Waals surface area contributed by atoms with Crippen molar-refractivity contribution >= 4 is 29.0 Å². The summed E-state index contributed by atoms with van der Waals surface area (Å²) < 4.78 is 23.9. The second-order valence-electron chi connectivity index (χ2n) is 7.15. The van der Waals surface area contributed by atoms with Crippen LogP contribution in [0, 0.1) is 12.7 Å². The van der Waals surface area contributed by atoms with Gasteiger partial charge in [0, 0.05) is 16.1 Å². The molecule has 0 fully saturated rings. The lowest BCUT2D eigenvalue weighted by molar-refractivity contribution is 0.101. The van der Waals surface area contributed by atoms with E-state index in [1.165, 1.54) is 30.3 Å². The summed E-state index contributed by atoms with van der Waals surface area (Å²) in [6, 6.07) is 18.8. The van der Waals surface area contributed by atoms with Gasteiger partial charge in [0.05, 0.1) is 11.3 Å². The molecular formula is C25H18ClFN2O4. The number of aryl methyl sites for hydroxylation is 1. The number of nitrogens with one attached hydrogen (secondary N) is 1. The van der Waals surface area contributed by atoms with Gasteiger partial charge in [-0.2, -0.15) is 0 Å². The van der Waals surface area contributed by atoms with Crippen LogP contribution in [0.4, 0.5) is 10.1 Å². The summed E-state index contributed by atoms with van der Waals surface area (Å²) >= 11 is 6.11. The number of hydrogen-bond acceptors (Lipinski definition) is 5. The first-order valence-corrected chi connectivity index (χ1v) is 10.3. The van der Waals surface area contributed by atoms with Crippen LogP contribution in [0.5, 0.6) is 5.75 Å². The van der Waals surface area contributed by atoms with Crippen LogP contribution in [0.2, 0.25) is 5.02 Å². The number of rotatable bonds is 7. The minimum Gasteiger partial charge on any atom is -0.489 e. The van der Waals surface area contributed by atoms with E-state index < -0.39 is 5.91 Å². The molecule has 0 saturated carbocycles. The van der Waals surface area contributed by atoms with Crippen LogP contribution in [-0.2, 0) is 6.61 Å². The third kappa shape index (κ3) is 5.10. The number of ketones is 1. The first kappa shape index (κ1) is 22.2. The molecule has 4 rings (SSSR count). The SMILES string of the molecule is Cc1onc(C(=O)Nc2ccc(Cl)cc2C(=O)c2ccccc2)c1COc1ccc(F)cc1. The van der Waals surface area contributed by atoms with E-state index in [-0.39, 0.29) is 35.2 Å². The van der Waals surface area contributed by atoms with Gasteiger partial charge in [-0.05, 0) is 49.4 Å². The van der Waals surface area contributed by atoms with Gasteiger partial charge in [-0.25, -0.2) is 4.39 Å². The number of halogens is 2. The molecule has 0 bridgehead atoms. The minimum atomic E-state index is -0.575. The minimum absolute atomic E-state index is 0.0138. The van der Waals surface area contributed by atoms with Gasteiger partial charge in [0.15, 0.2) is 11.5 Å². The topological polar surface area (TPSA) is 81.4 Å². The maximum Gasteiger partial charge on any atom is 0.278 e. The molecule has 0 aliphatic rings. The van der Waals surface area contributed by atoms with Crippen molar-refractivity contribution < 1.29 is 23.2 Å². The van der Waals surface area contributed by atoms with Crippen LogP contribution in [0.15, 0.2) is 77.3 Å². The maximum atomic E-state index is 13.1. The fourth-order valence-electron chi connectivity index (χ4n) is 3.17. The lowest BCUT2D eigenvalue weighted by Crippen LogP contribution is -2.18. The number of benzene rings is 3. The Bertz CT molecular complexity index is 1300. The van der Waals surface area contributed by atoms with E-state index in [0.717, 1.165) is 0 Å². The van der Waals surface area contributed by atoms with Gasteiger partial charge in [-0.3, -0.25) is 9.59 Å². The van der Waals surface area contributed by atoms with Gasteiger partial charge in [0.1, 0.15) is 23.9 Å². The smallest absolute Gasteiger partial charge is 0.278 e. The molecule has 0 spiro atoms. The number of carbonyl (C=O) groups excluding carboxylic acids is 2. The largest absolute Gasteiger partial charge is 0.489 e. The maximum absolute atomic E-state index is 13.1. The Hall–Kier alpha value is -3.97. The highest BCUT2D eigenvalue weighted by Crippen LogP contribution is 2.25. The second-order valence-corrected chi connectivity index (χ2v) is 7.58. The van der Waals surface area contributed by atoms with Gasteiger partial charge in [-0.1, -0.05) is 47.1 Å². The van der Waals surface area contributed by atoms with E-state index in [1.807, 2.05) is 0 Å². The van der Waals surface area contributed by atoms with Crippen molar-refractivity contribution in [2.75, 3.05) is 5.32 Å². The number of carbonyl (C=O) groups is 2. The average molecular weight is 465 g/mol. The monoisotopic (exact) mass is 464 g/mol. The highest BCUT2D eigenvalue weighted by Gasteiger charge is 2.23. The molecule has 166 valence electrons. The van der Waals surface area contributed by atoms with Gasteiger partial charge in [0.25, 0.3) is 5.91 Å². The fourth-order valence-corrected chi connectivity index (χ4v) is 3.34. The Balaban J connectivity index is 1.57. The zero-order valence-corrected chi connectivity index (χ0v) is 18.2. The van der Waals surface area contributed by atoms with Crippen LogP contribution in [-0.4, -0.2) is 16.8 Å². The molecule has 1 heterocycles. The molecule has 1 aromatic heterocycles. The van der Waals surface area contributed by atoms with Crippen molar-refractivity contribution in [1.29, 1.82) is 0 Å². The molecule has 33 heavy (non-hydrogen) atoms. The molecule has 8 heteroatoms. The Kier molecular flexibility index (Phi) is 6.51. The van der Waals surface area contributed by atoms with E-state index in [1.54, 1.807) is 49.4 Å². The molecule has 6 nitrogen and oxygen atoms in total. The number of anilines is 1. The number of hydrogen-bond donors (Lipinski definition) is 1. The van der Waals surface area contributed by atoms with Gasteiger partial charge in [-0.15, -0.1) is 0 Å². The zero-order chi connectivity index (χ0) is 23.4. The van der Waals surface area contributed by atoms with Crippen LogP contribution in [0.25, 0.3) is 0 Å². The Labute approximate surface area is 193 Å². The van der Waals surface area contributed by atoms with E-state index >= 15 is 0 Å². The lowest BCUT2D eigenvalue weighted by Gasteiger charge is -2.11. The van der Waals surface area contributed by atoms with Crippen LogP contribution in [0.3, 0.4) is 0 Å². The first-order valence-electron chi connectivity index (χ1n) is 9.96. The molecule has 0 saturated heterocycles. The average Bonchev–Trinajstić information content (AvgIpc) is 3.20. The van der Waals surface area contributed by atoms with Crippen LogP contribution in [0.1, 0.15) is 37.7 Å². The summed E-state index contributed by atoms with van der Waals surface area (Å²) in [4.78, 5) is 26.0. The van der Waals surface area contributed by atoms with Gasteiger partial charge in [0.2, 0.25) is 0 Å². The zero-order valence-electron chi connectivity index (χ0n) is 17.5. The molecule has 4 aromatic rings. The first-order chi connectivity index (χ1) is 15.9. The predicted octanol–water partition coefficient (Wildman–Crippen LogP) is 5.84. The van der Waals surface area contributed by atoms with Crippen LogP contribution >= 0.6 is 11.6 Å². The van der Waals surface area contributed by atoms with Crippen molar-refractivity contribution in [1.82, 2.24) is 5.16 Å². The molecule has 0 unspecified atom stereocenters. The van der Waals surface area contributed by atoms with Crippen molar-refractivity contribution in [3.63, 3.8) is 0 Å². The highest BCUT2D eigenvalue weighted by molar-refractivity contribution is 6.31. The van der Waals surface area contributed by atoms with Crippen molar-refractivity contribution in [2.24, 2.45) is 0 Å². The molecule has 3 aromatic carbocycles. The molecule has 0 aliphatic heterocycles. The molecule has 0 aliphatic carbocycles. The van der Waals surface area contributed by atoms with E-state index in [0.29, 0.717) is 27.7 Å². The van der Waals surface area contributed by atoms with Crippen molar-refractivity contribution in [2.45, 2.75) is 13.5 Å². The van der Waals surface area contributed by atoms with E-state index in [2.05, 4.69) is 10.5 Å². The highest BCUT2D eigenvalue weighted by atomic mass is 35.5. The van der Waals surface area contributed by atoms with Gasteiger partial charge < -0.3 is 14.6 Å². The summed E-state index contributed by atoms with van der Waals surface area (Å²) in [5.41, 5.74) is 1.43. The summed E-state index contributed by atoms with van der Waals surface area (Å²) in [6.45, 7) is 1.64. The lowest BCUT2D eigenvalue weighted by atomic mass is 10.0. The molecule has 1 amide bonds. The number of nitrogens with zero attached hydrogens (tertiary/aromatic N) is 1. The second kappa shape index (κ2) is 9.67. The predicted molar refractivity (Wildman–Crippen MR) is 121 cm³/mol. The number of ether oxygens (including phenoxy) is 1. The van der Waals surface area contributed by atoms with E-state index in [4.69, 9.17) is 20.9 Å². The Morgan fingerprint density at radius 1 is 1.06 bits per heavy atom. The number of aromatic nitrogens is 1. The summed E-state index contributed by atoms with van der Waals surface area (Å²) in [6.07, 6.45) is 0. The summed E-state index contributed by atoms with van der Waals surface area (Å²) in [5, 5.41) is 6.93. The molecule has 1 N–H and O–H groups in total. The molecule has 0 radical (unpaired) electrons. The standard InChI is InChI=1S/C25H18ClFN2O4/c1-15-21(14-32-19-10-8-18(27)9-11-19)23(29-33-15)25(31)28-22-12-7-17(26)13-20(22)24(30)16-5-3-2-4-6-16/h2-13H,14H2,1H3,(H,28,31). The van der Waals surface area contributed by atoms with Gasteiger partial charge >= 0.3 is 0 Å². The van der Waals surface area contributed by atoms with E-state index in [9.17, 15) is 14.0 Å². The molecule has 0 atom stereocenters. The molecular weight excluding hydrogens is 447 g/mol. The quantitative estimate of drug-likeness (QED) is 0.347. The van der Waals surface area contributed by atoms with Crippen LogP contribution < -0.4 is 10.1 Å². The summed E-state index contributed by atoms with van der Waals surface area (Å²) in [7, 11) is 0. The van der Waals surface area contributed by atoms with Crippen molar-refractivity contribution in [3.8, 4) is 5.75 Å². The fraction of sp³-hybridized carbons (Fsp3) is 0.0800. The number of amides is 1. The van der Waals surface area contributed by atoms with Crippen molar-refractivity contribution in [3.05, 3.63) is 112 Å².